The standard InChI is InChI=1S/C12H27N3O/c1-2-4-11(7-9-14)5-6-12(16)15-10-3-8-13/h11H,2-10,13-14H2,1H3,(H,15,16). The van der Waals surface area contributed by atoms with Crippen molar-refractivity contribution in [1.29, 1.82) is 0 Å². The summed E-state index contributed by atoms with van der Waals surface area (Å²) in [6, 6.07) is 0. The van der Waals surface area contributed by atoms with Crippen molar-refractivity contribution >= 4 is 5.91 Å². The number of nitrogens with one attached hydrogen (secondary N) is 1. The molecule has 0 aromatic carbocycles. The predicted octanol–water partition coefficient (Wildman–Crippen LogP) is 0.997. The molecule has 0 saturated heterocycles. The maximum absolute atomic E-state index is 11.4. The quantitative estimate of drug-likeness (QED) is 0.489. The highest BCUT2D eigenvalue weighted by Crippen LogP contribution is 2.16. The maximum Gasteiger partial charge on any atom is 0.220 e. The Hall–Kier alpha value is -0.610. The molecule has 1 atom stereocenters. The first-order valence-electron chi connectivity index (χ1n) is 6.41. The van der Waals surface area contributed by atoms with Gasteiger partial charge in [0.25, 0.3) is 0 Å². The fraction of sp³-hybridized carbons (Fsp3) is 0.917. The van der Waals surface area contributed by atoms with Gasteiger partial charge in [-0.15, -0.1) is 0 Å². The lowest BCUT2D eigenvalue weighted by atomic mass is 9.94. The molecule has 1 unspecified atom stereocenters. The van der Waals surface area contributed by atoms with Crippen molar-refractivity contribution in [2.75, 3.05) is 19.6 Å². The molecule has 16 heavy (non-hydrogen) atoms. The highest BCUT2D eigenvalue weighted by molar-refractivity contribution is 5.75. The fourth-order valence-electron chi connectivity index (χ4n) is 1.83. The van der Waals surface area contributed by atoms with Gasteiger partial charge in [0.15, 0.2) is 0 Å². The van der Waals surface area contributed by atoms with Crippen molar-refractivity contribution in [3.63, 3.8) is 0 Å². The molecule has 0 aromatic rings. The largest absolute Gasteiger partial charge is 0.356 e. The van der Waals surface area contributed by atoms with E-state index < -0.39 is 0 Å². The molecule has 4 heteroatoms. The molecule has 0 aliphatic carbocycles. The van der Waals surface area contributed by atoms with Crippen molar-refractivity contribution in [3.8, 4) is 0 Å². The molecule has 1 amide bonds. The molecular formula is C12H27N3O. The van der Waals surface area contributed by atoms with Gasteiger partial charge in [-0.2, -0.15) is 0 Å². The smallest absolute Gasteiger partial charge is 0.220 e. The fourth-order valence-corrected chi connectivity index (χ4v) is 1.83. The highest BCUT2D eigenvalue weighted by Gasteiger charge is 2.09. The van der Waals surface area contributed by atoms with Crippen LogP contribution in [-0.4, -0.2) is 25.5 Å². The number of hydrogen-bond acceptors (Lipinski definition) is 3. The lowest BCUT2D eigenvalue weighted by Gasteiger charge is -2.14. The molecule has 0 heterocycles. The van der Waals surface area contributed by atoms with Crippen LogP contribution in [0.25, 0.3) is 0 Å². The molecule has 0 bridgehead atoms. The molecule has 4 nitrogen and oxygen atoms in total. The van der Waals surface area contributed by atoms with E-state index >= 15 is 0 Å². The molecule has 0 fully saturated rings. The van der Waals surface area contributed by atoms with Gasteiger partial charge in [0.2, 0.25) is 5.91 Å². The summed E-state index contributed by atoms with van der Waals surface area (Å²) in [5, 5.41) is 2.87. The number of hydrogen-bond donors (Lipinski definition) is 3. The minimum absolute atomic E-state index is 0.145. The van der Waals surface area contributed by atoms with E-state index in [9.17, 15) is 4.79 Å². The van der Waals surface area contributed by atoms with Crippen molar-refractivity contribution in [2.45, 2.75) is 45.4 Å². The molecule has 96 valence electrons. The van der Waals surface area contributed by atoms with Crippen LogP contribution in [0, 0.1) is 5.92 Å². The van der Waals surface area contributed by atoms with E-state index in [4.69, 9.17) is 11.5 Å². The summed E-state index contributed by atoms with van der Waals surface area (Å²) in [4.78, 5) is 11.4. The third-order valence-corrected chi connectivity index (χ3v) is 2.75. The van der Waals surface area contributed by atoms with Gasteiger partial charge in [0, 0.05) is 13.0 Å². The Bertz CT molecular complexity index is 168. The monoisotopic (exact) mass is 229 g/mol. The normalized spacial score (nSPS) is 12.4. The summed E-state index contributed by atoms with van der Waals surface area (Å²) in [7, 11) is 0. The van der Waals surface area contributed by atoms with Crippen LogP contribution in [0.1, 0.15) is 45.4 Å². The van der Waals surface area contributed by atoms with E-state index in [0.717, 1.165) is 25.8 Å². The van der Waals surface area contributed by atoms with Gasteiger partial charge in [-0.1, -0.05) is 19.8 Å². The topological polar surface area (TPSA) is 81.1 Å². The zero-order chi connectivity index (χ0) is 12.2. The van der Waals surface area contributed by atoms with Crippen LogP contribution in [0.15, 0.2) is 0 Å². The van der Waals surface area contributed by atoms with Gasteiger partial charge in [0.05, 0.1) is 0 Å². The summed E-state index contributed by atoms with van der Waals surface area (Å²) in [5.74, 6) is 0.752. The SMILES string of the molecule is CCCC(CCN)CCC(=O)NCCCN. The Morgan fingerprint density at radius 3 is 2.50 bits per heavy atom. The second-order valence-corrected chi connectivity index (χ2v) is 4.26. The van der Waals surface area contributed by atoms with Crippen molar-refractivity contribution < 1.29 is 4.79 Å². The molecule has 0 radical (unpaired) electrons. The van der Waals surface area contributed by atoms with Gasteiger partial charge in [0.1, 0.15) is 0 Å². The molecule has 0 saturated carbocycles. The second kappa shape index (κ2) is 10.9. The number of amides is 1. The lowest BCUT2D eigenvalue weighted by molar-refractivity contribution is -0.121. The second-order valence-electron chi connectivity index (χ2n) is 4.26. The zero-order valence-corrected chi connectivity index (χ0v) is 10.5. The molecule has 0 rings (SSSR count). The summed E-state index contributed by atoms with van der Waals surface area (Å²) < 4.78 is 0. The minimum Gasteiger partial charge on any atom is -0.356 e. The van der Waals surface area contributed by atoms with E-state index in [2.05, 4.69) is 12.2 Å². The summed E-state index contributed by atoms with van der Waals surface area (Å²) in [5.41, 5.74) is 10.9. The number of nitrogens with two attached hydrogens (primary N) is 2. The average Bonchev–Trinajstić information content (AvgIpc) is 2.27. The van der Waals surface area contributed by atoms with E-state index in [0.29, 0.717) is 25.4 Å². The average molecular weight is 229 g/mol. The molecule has 0 aliphatic heterocycles. The zero-order valence-electron chi connectivity index (χ0n) is 10.5. The van der Waals surface area contributed by atoms with Crippen LogP contribution in [0.4, 0.5) is 0 Å². The van der Waals surface area contributed by atoms with Gasteiger partial charge >= 0.3 is 0 Å². The molecule has 5 N–H and O–H groups in total. The van der Waals surface area contributed by atoms with E-state index in [1.54, 1.807) is 0 Å². The first-order valence-corrected chi connectivity index (χ1v) is 6.41. The van der Waals surface area contributed by atoms with Gasteiger partial charge in [-0.3, -0.25) is 4.79 Å². The number of carbonyl (C=O) groups is 1. The van der Waals surface area contributed by atoms with Crippen molar-refractivity contribution in [3.05, 3.63) is 0 Å². The van der Waals surface area contributed by atoms with Gasteiger partial charge in [-0.25, -0.2) is 0 Å². The highest BCUT2D eigenvalue weighted by atomic mass is 16.1. The van der Waals surface area contributed by atoms with Crippen LogP contribution in [-0.2, 0) is 4.79 Å². The number of carbonyl (C=O) groups excluding carboxylic acids is 1. The lowest BCUT2D eigenvalue weighted by Crippen LogP contribution is -2.26. The Morgan fingerprint density at radius 1 is 1.19 bits per heavy atom. The molecule has 0 spiro atoms. The summed E-state index contributed by atoms with van der Waals surface area (Å²) >= 11 is 0. The third-order valence-electron chi connectivity index (χ3n) is 2.75. The van der Waals surface area contributed by atoms with Crippen LogP contribution < -0.4 is 16.8 Å². The van der Waals surface area contributed by atoms with E-state index in [1.165, 1.54) is 12.8 Å². The predicted molar refractivity (Wildman–Crippen MR) is 68.0 cm³/mol. The summed E-state index contributed by atoms with van der Waals surface area (Å²) in [6.07, 6.45) is 5.80. The third kappa shape index (κ3) is 8.68. The molecule has 0 aromatic heterocycles. The minimum atomic E-state index is 0.145. The summed E-state index contributed by atoms with van der Waals surface area (Å²) in [6.45, 7) is 4.22. The Balaban J connectivity index is 3.60. The van der Waals surface area contributed by atoms with Gasteiger partial charge < -0.3 is 16.8 Å². The van der Waals surface area contributed by atoms with Crippen molar-refractivity contribution in [2.24, 2.45) is 17.4 Å². The van der Waals surface area contributed by atoms with E-state index in [1.807, 2.05) is 0 Å². The number of rotatable bonds is 10. The Kier molecular flexibility index (Phi) is 10.5. The molecular weight excluding hydrogens is 202 g/mol. The first-order chi connectivity index (χ1) is 7.74. The van der Waals surface area contributed by atoms with Crippen LogP contribution in [0.2, 0.25) is 0 Å². The van der Waals surface area contributed by atoms with Crippen molar-refractivity contribution in [1.82, 2.24) is 5.32 Å². The Morgan fingerprint density at radius 2 is 1.94 bits per heavy atom. The van der Waals surface area contributed by atoms with Crippen LogP contribution >= 0.6 is 0 Å². The van der Waals surface area contributed by atoms with Crippen LogP contribution in [0.5, 0.6) is 0 Å². The first kappa shape index (κ1) is 15.4. The Labute approximate surface area is 99.1 Å². The van der Waals surface area contributed by atoms with Gasteiger partial charge in [-0.05, 0) is 38.3 Å². The van der Waals surface area contributed by atoms with Crippen LogP contribution in [0.3, 0.4) is 0 Å². The maximum atomic E-state index is 11.4. The van der Waals surface area contributed by atoms with E-state index in [-0.39, 0.29) is 5.91 Å². The molecule has 0 aliphatic rings.